The number of alkyl halides is 6. The van der Waals surface area contributed by atoms with Crippen molar-refractivity contribution in [3.05, 3.63) is 86.3 Å². The lowest BCUT2D eigenvalue weighted by molar-refractivity contribution is -0.141. The van der Waals surface area contributed by atoms with Crippen LogP contribution in [0.4, 0.5) is 32.0 Å². The Morgan fingerprint density at radius 1 is 0.932 bits per heavy atom. The Kier molecular flexibility index (Phi) is 14.2. The fraction of sp³-hybridized carbons (Fsp3) is 0.469. The lowest BCUT2D eigenvalue weighted by Crippen LogP contribution is -2.16. The SMILES string of the molecule is C.CCc1ccc(NC(=O)CCc2cc(C(F)(F)F)ccc2C(F)(F)F)cc1CC(C)C(C)C.CS(=O)(=O)C1=CC=C(Cl)C1. The summed E-state index contributed by atoms with van der Waals surface area (Å²) in [5.41, 5.74) is -0.137. The number of hydrogen-bond acceptors (Lipinski definition) is 3. The average Bonchev–Trinajstić information content (AvgIpc) is 3.34. The number of nitrogens with one attached hydrogen (secondary N) is 1. The van der Waals surface area contributed by atoms with Crippen molar-refractivity contribution in [1.82, 2.24) is 0 Å². The molecule has 4 nitrogen and oxygen atoms in total. The van der Waals surface area contributed by atoms with Crippen LogP contribution in [0.5, 0.6) is 0 Å². The molecule has 1 aliphatic rings. The first-order valence-corrected chi connectivity index (χ1v) is 15.9. The standard InChI is InChI=1S/C25H29F6NO.C6H7ClO2S.CH4/c1-5-17-6-9-21(14-19(17)12-16(4)15(2)3)32-23(33)11-7-18-13-20(24(26,27)28)8-10-22(18)25(29,30)31;1-10(8,9)6-3-2-5(7)4-6;/h6,8-10,13-16H,5,7,11-12H2,1-4H3,(H,32,33);2-3H,4H2,1H3;1H4. The Morgan fingerprint density at radius 2 is 1.57 bits per heavy atom. The number of benzene rings is 2. The average molecular weight is 668 g/mol. The predicted octanol–water partition coefficient (Wildman–Crippen LogP) is 9.77. The first-order valence-electron chi connectivity index (χ1n) is 13.7. The molecule has 246 valence electrons. The van der Waals surface area contributed by atoms with Gasteiger partial charge in [-0.2, -0.15) is 26.3 Å². The number of halogens is 7. The molecule has 3 rings (SSSR count). The third-order valence-electron chi connectivity index (χ3n) is 7.18. The van der Waals surface area contributed by atoms with Crippen molar-refractivity contribution in [2.24, 2.45) is 11.8 Å². The van der Waals surface area contributed by atoms with Gasteiger partial charge >= 0.3 is 12.4 Å². The monoisotopic (exact) mass is 667 g/mol. The summed E-state index contributed by atoms with van der Waals surface area (Å²) in [5, 5.41) is 3.25. The van der Waals surface area contributed by atoms with Gasteiger partial charge in [0.05, 0.1) is 11.1 Å². The maximum absolute atomic E-state index is 13.2. The van der Waals surface area contributed by atoms with E-state index in [0.29, 0.717) is 52.1 Å². The molecule has 12 heteroatoms. The second-order valence-corrected chi connectivity index (χ2v) is 13.4. The maximum Gasteiger partial charge on any atom is 0.416 e. The van der Waals surface area contributed by atoms with Gasteiger partial charge in [-0.25, -0.2) is 8.42 Å². The largest absolute Gasteiger partial charge is 0.416 e. The van der Waals surface area contributed by atoms with Crippen LogP contribution < -0.4 is 5.32 Å². The highest BCUT2D eigenvalue weighted by Crippen LogP contribution is 2.37. The first kappa shape index (κ1) is 39.2. The molecule has 1 N–H and O–H groups in total. The molecule has 0 saturated carbocycles. The fourth-order valence-electron chi connectivity index (χ4n) is 4.27. The molecule has 1 amide bonds. The minimum absolute atomic E-state index is 0. The van der Waals surface area contributed by atoms with Gasteiger partial charge < -0.3 is 5.32 Å². The molecule has 0 saturated heterocycles. The van der Waals surface area contributed by atoms with Gasteiger partial charge in [-0.3, -0.25) is 4.79 Å². The summed E-state index contributed by atoms with van der Waals surface area (Å²) in [6.45, 7) is 8.43. The van der Waals surface area contributed by atoms with Crippen molar-refractivity contribution >= 4 is 33.0 Å². The number of allylic oxidation sites excluding steroid dienone is 4. The molecule has 0 aromatic heterocycles. The van der Waals surface area contributed by atoms with Crippen LogP contribution in [0.15, 0.2) is 58.5 Å². The van der Waals surface area contributed by atoms with Crippen molar-refractivity contribution in [1.29, 1.82) is 0 Å². The topological polar surface area (TPSA) is 63.2 Å². The van der Waals surface area contributed by atoms with E-state index in [9.17, 15) is 39.6 Å². The number of rotatable bonds is 9. The van der Waals surface area contributed by atoms with Crippen LogP contribution in [0.25, 0.3) is 0 Å². The second-order valence-electron chi connectivity index (χ2n) is 10.9. The highest BCUT2D eigenvalue weighted by molar-refractivity contribution is 7.94. The van der Waals surface area contributed by atoms with E-state index in [2.05, 4.69) is 26.1 Å². The Bertz CT molecular complexity index is 1460. The van der Waals surface area contributed by atoms with E-state index in [1.54, 1.807) is 12.1 Å². The molecule has 0 aliphatic heterocycles. The number of anilines is 1. The molecule has 2 aromatic rings. The van der Waals surface area contributed by atoms with E-state index in [4.69, 9.17) is 11.6 Å². The Morgan fingerprint density at radius 3 is 2.02 bits per heavy atom. The number of carbonyl (C=O) groups excluding carboxylic acids is 1. The third kappa shape index (κ3) is 12.0. The molecule has 0 bridgehead atoms. The Balaban J connectivity index is 0.000000745. The van der Waals surface area contributed by atoms with E-state index in [1.807, 2.05) is 19.1 Å². The first-order chi connectivity index (χ1) is 19.7. The van der Waals surface area contributed by atoms with Crippen LogP contribution in [0.2, 0.25) is 0 Å². The molecule has 2 aromatic carbocycles. The van der Waals surface area contributed by atoms with E-state index >= 15 is 0 Å². The molecule has 1 atom stereocenters. The van der Waals surface area contributed by atoms with Gasteiger partial charge in [-0.1, -0.05) is 52.8 Å². The Hall–Kier alpha value is -2.79. The van der Waals surface area contributed by atoms with Gasteiger partial charge in [-0.05, 0) is 90.3 Å². The van der Waals surface area contributed by atoms with Gasteiger partial charge in [0.25, 0.3) is 0 Å². The number of carbonyl (C=O) groups is 1. The molecule has 0 heterocycles. The minimum Gasteiger partial charge on any atom is -0.326 e. The van der Waals surface area contributed by atoms with Crippen molar-refractivity contribution in [3.8, 4) is 0 Å². The molecule has 44 heavy (non-hydrogen) atoms. The zero-order valence-corrected chi connectivity index (χ0v) is 26.2. The summed E-state index contributed by atoms with van der Waals surface area (Å²) in [6.07, 6.45) is -4.09. The van der Waals surface area contributed by atoms with Crippen LogP contribution in [-0.4, -0.2) is 20.6 Å². The van der Waals surface area contributed by atoms with Gasteiger partial charge in [0.1, 0.15) is 0 Å². The summed E-state index contributed by atoms with van der Waals surface area (Å²) >= 11 is 5.56. The van der Waals surface area contributed by atoms with Crippen molar-refractivity contribution in [2.45, 2.75) is 79.6 Å². The third-order valence-corrected chi connectivity index (χ3v) is 8.67. The maximum atomic E-state index is 13.2. The van der Waals surface area contributed by atoms with Crippen molar-refractivity contribution in [2.75, 3.05) is 11.6 Å². The normalized spacial score (nSPS) is 14.2. The zero-order chi connectivity index (χ0) is 32.8. The number of hydrogen-bond donors (Lipinski definition) is 1. The van der Waals surface area contributed by atoms with E-state index in [1.165, 1.54) is 12.3 Å². The summed E-state index contributed by atoms with van der Waals surface area (Å²) in [7, 11) is -3.01. The number of aryl methyl sites for hydroxylation is 2. The number of sulfone groups is 1. The molecule has 1 aliphatic carbocycles. The highest BCUT2D eigenvalue weighted by atomic mass is 35.5. The zero-order valence-electron chi connectivity index (χ0n) is 24.6. The summed E-state index contributed by atoms with van der Waals surface area (Å²) < 4.78 is 100. The van der Waals surface area contributed by atoms with E-state index < -0.39 is 51.2 Å². The minimum atomic E-state index is -4.81. The molecule has 0 fully saturated rings. The summed E-state index contributed by atoms with van der Waals surface area (Å²) in [4.78, 5) is 12.8. The smallest absolute Gasteiger partial charge is 0.326 e. The molecule has 0 radical (unpaired) electrons. The van der Waals surface area contributed by atoms with Gasteiger partial charge in [0.2, 0.25) is 5.91 Å². The van der Waals surface area contributed by atoms with Gasteiger partial charge in [0, 0.05) is 34.7 Å². The van der Waals surface area contributed by atoms with Crippen molar-refractivity contribution < 1.29 is 39.6 Å². The lowest BCUT2D eigenvalue weighted by atomic mass is 9.88. The van der Waals surface area contributed by atoms with E-state index in [-0.39, 0.29) is 13.8 Å². The molecular weight excluding hydrogens is 628 g/mol. The molecule has 0 spiro atoms. The quantitative estimate of drug-likeness (QED) is 0.271. The van der Waals surface area contributed by atoms with Gasteiger partial charge in [-0.15, -0.1) is 0 Å². The van der Waals surface area contributed by atoms with Crippen molar-refractivity contribution in [3.63, 3.8) is 0 Å². The second kappa shape index (κ2) is 16.0. The Labute approximate surface area is 261 Å². The lowest BCUT2D eigenvalue weighted by Gasteiger charge is -2.19. The van der Waals surface area contributed by atoms with Crippen LogP contribution in [0.3, 0.4) is 0 Å². The molecule has 1 unspecified atom stereocenters. The van der Waals surface area contributed by atoms with E-state index in [0.717, 1.165) is 24.0 Å². The van der Waals surface area contributed by atoms with Crippen LogP contribution in [-0.2, 0) is 46.2 Å². The molecular formula is C32H40ClF6NO3S. The predicted molar refractivity (Wildman–Crippen MR) is 165 cm³/mol. The highest BCUT2D eigenvalue weighted by Gasteiger charge is 2.37. The number of amides is 1. The van der Waals surface area contributed by atoms with Crippen LogP contribution >= 0.6 is 11.6 Å². The van der Waals surface area contributed by atoms with Gasteiger partial charge in [0.15, 0.2) is 9.84 Å². The summed E-state index contributed by atoms with van der Waals surface area (Å²) in [5.74, 6) is 0.332. The van der Waals surface area contributed by atoms with Crippen LogP contribution in [0.1, 0.15) is 75.8 Å². The fourth-order valence-corrected chi connectivity index (χ4v) is 5.29. The summed E-state index contributed by atoms with van der Waals surface area (Å²) in [6, 6.07) is 6.79. The van der Waals surface area contributed by atoms with Crippen LogP contribution in [0, 0.1) is 11.8 Å².